The van der Waals surface area contributed by atoms with Gasteiger partial charge in [0.2, 0.25) is 5.91 Å². The highest BCUT2D eigenvalue weighted by atomic mass is 16.5. The van der Waals surface area contributed by atoms with Crippen LogP contribution in [0.2, 0.25) is 0 Å². The van der Waals surface area contributed by atoms with Crippen LogP contribution < -0.4 is 10.5 Å². The van der Waals surface area contributed by atoms with Crippen molar-refractivity contribution in [3.63, 3.8) is 0 Å². The quantitative estimate of drug-likeness (QED) is 0.299. The van der Waals surface area contributed by atoms with E-state index in [1.807, 2.05) is 84.9 Å². The van der Waals surface area contributed by atoms with E-state index >= 15 is 0 Å². The molecule has 169 valence electrons. The van der Waals surface area contributed by atoms with E-state index in [1.165, 1.54) is 0 Å². The van der Waals surface area contributed by atoms with Crippen molar-refractivity contribution in [2.45, 2.75) is 6.54 Å². The first-order chi connectivity index (χ1) is 17.2. The van der Waals surface area contributed by atoms with E-state index in [0.717, 1.165) is 50.2 Å². The van der Waals surface area contributed by atoms with Crippen LogP contribution in [0, 0.1) is 6.07 Å². The molecule has 0 saturated carbocycles. The molecule has 6 aromatic rings. The standard InChI is InChI=1S/C30H21N2O3/c31-30(33)24-11-6-12-25-29(24)23-16-15-20(27-14-7-17-34-27)18-26(23)32(25)19-21-8-4-5-13-28(21)35-22-9-2-1-3-10-22/h1-15,17-18H,19H2,(H2,31,33). The summed E-state index contributed by atoms with van der Waals surface area (Å²) >= 11 is 0. The fourth-order valence-corrected chi connectivity index (χ4v) is 4.54. The predicted octanol–water partition coefficient (Wildman–Crippen LogP) is 6.79. The Labute approximate surface area is 202 Å². The second kappa shape index (κ2) is 8.54. The summed E-state index contributed by atoms with van der Waals surface area (Å²) in [6.07, 6.45) is 1.65. The van der Waals surface area contributed by atoms with Crippen molar-refractivity contribution < 1.29 is 13.9 Å². The summed E-state index contributed by atoms with van der Waals surface area (Å²) in [4.78, 5) is 12.3. The molecule has 0 fully saturated rings. The Morgan fingerprint density at radius 3 is 2.54 bits per heavy atom. The number of aromatic nitrogens is 1. The normalized spacial score (nSPS) is 11.2. The van der Waals surface area contributed by atoms with Crippen LogP contribution >= 0.6 is 0 Å². The first kappa shape index (κ1) is 20.8. The van der Waals surface area contributed by atoms with Crippen LogP contribution in [0.4, 0.5) is 0 Å². The molecule has 1 amide bonds. The molecule has 4 aromatic carbocycles. The van der Waals surface area contributed by atoms with Gasteiger partial charge in [-0.2, -0.15) is 0 Å². The van der Waals surface area contributed by atoms with Gasteiger partial charge in [0, 0.05) is 27.5 Å². The number of primary amides is 1. The molecular formula is C30H21N2O3. The maximum atomic E-state index is 12.3. The van der Waals surface area contributed by atoms with E-state index in [4.69, 9.17) is 14.9 Å². The number of ether oxygens (including phenoxy) is 1. The summed E-state index contributed by atoms with van der Waals surface area (Å²) < 4.78 is 14.0. The second-order valence-electron chi connectivity index (χ2n) is 8.30. The van der Waals surface area contributed by atoms with E-state index in [2.05, 4.69) is 16.7 Å². The molecule has 0 aliphatic heterocycles. The van der Waals surface area contributed by atoms with Crippen LogP contribution in [0.5, 0.6) is 11.5 Å². The van der Waals surface area contributed by atoms with Crippen molar-refractivity contribution >= 4 is 27.7 Å². The number of hydrogen-bond acceptors (Lipinski definition) is 3. The van der Waals surface area contributed by atoms with Gasteiger partial charge in [-0.05, 0) is 60.7 Å². The molecule has 1 radical (unpaired) electrons. The van der Waals surface area contributed by atoms with Gasteiger partial charge in [0.05, 0.1) is 23.8 Å². The summed E-state index contributed by atoms with van der Waals surface area (Å²) in [5.41, 5.74) is 9.96. The lowest BCUT2D eigenvalue weighted by Crippen LogP contribution is -2.11. The maximum absolute atomic E-state index is 12.3. The molecule has 0 aliphatic carbocycles. The Bertz CT molecular complexity index is 1670. The van der Waals surface area contributed by atoms with Gasteiger partial charge in [0.1, 0.15) is 17.3 Å². The van der Waals surface area contributed by atoms with E-state index in [9.17, 15) is 4.79 Å². The van der Waals surface area contributed by atoms with Gasteiger partial charge < -0.3 is 19.5 Å². The average molecular weight is 458 g/mol. The molecule has 2 aromatic heterocycles. The van der Waals surface area contributed by atoms with Gasteiger partial charge in [-0.25, -0.2) is 0 Å². The number of amides is 1. The number of furan rings is 1. The van der Waals surface area contributed by atoms with Crippen LogP contribution in [0.1, 0.15) is 15.9 Å². The van der Waals surface area contributed by atoms with Gasteiger partial charge in [-0.3, -0.25) is 4.79 Å². The number of benzene rings is 4. The predicted molar refractivity (Wildman–Crippen MR) is 137 cm³/mol. The van der Waals surface area contributed by atoms with Gasteiger partial charge in [0.25, 0.3) is 0 Å². The monoisotopic (exact) mass is 457 g/mol. The summed E-state index contributed by atoms with van der Waals surface area (Å²) in [6.45, 7) is 0.528. The third kappa shape index (κ3) is 3.73. The molecule has 2 N–H and O–H groups in total. The van der Waals surface area contributed by atoms with Crippen molar-refractivity contribution in [2.24, 2.45) is 5.73 Å². The molecule has 35 heavy (non-hydrogen) atoms. The van der Waals surface area contributed by atoms with Crippen LogP contribution in [0.25, 0.3) is 33.1 Å². The molecule has 0 unspecified atom stereocenters. The first-order valence-corrected chi connectivity index (χ1v) is 11.3. The molecule has 0 bridgehead atoms. The third-order valence-electron chi connectivity index (χ3n) is 6.14. The zero-order valence-electron chi connectivity index (χ0n) is 18.8. The highest BCUT2D eigenvalue weighted by Gasteiger charge is 2.19. The van der Waals surface area contributed by atoms with Gasteiger partial charge >= 0.3 is 0 Å². The lowest BCUT2D eigenvalue weighted by atomic mass is 10.0. The molecule has 5 nitrogen and oxygen atoms in total. The average Bonchev–Trinajstić information content (AvgIpc) is 3.53. The smallest absolute Gasteiger partial charge is 0.249 e. The van der Waals surface area contributed by atoms with Crippen molar-refractivity contribution in [2.75, 3.05) is 0 Å². The number of nitrogens with two attached hydrogens (primary N) is 1. The number of para-hydroxylation sites is 2. The molecular weight excluding hydrogens is 436 g/mol. The number of carbonyl (C=O) groups excluding carboxylic acids is 1. The summed E-state index contributed by atoms with van der Waals surface area (Å²) in [6, 6.07) is 34.4. The van der Waals surface area contributed by atoms with Crippen molar-refractivity contribution in [1.29, 1.82) is 0 Å². The molecule has 0 aliphatic rings. The van der Waals surface area contributed by atoms with Crippen LogP contribution in [0.3, 0.4) is 0 Å². The third-order valence-corrected chi connectivity index (χ3v) is 6.14. The van der Waals surface area contributed by atoms with Gasteiger partial charge in [-0.15, -0.1) is 0 Å². The Balaban J connectivity index is 1.55. The Morgan fingerprint density at radius 2 is 1.74 bits per heavy atom. The van der Waals surface area contributed by atoms with Crippen molar-refractivity contribution in [1.82, 2.24) is 4.57 Å². The number of carbonyl (C=O) groups is 1. The van der Waals surface area contributed by atoms with Gasteiger partial charge in [0.15, 0.2) is 0 Å². The molecule has 6 rings (SSSR count). The minimum atomic E-state index is -0.467. The lowest BCUT2D eigenvalue weighted by molar-refractivity contribution is 0.100. The Morgan fingerprint density at radius 1 is 0.914 bits per heavy atom. The molecule has 0 spiro atoms. The van der Waals surface area contributed by atoms with E-state index in [1.54, 1.807) is 12.3 Å². The minimum Gasteiger partial charge on any atom is -0.464 e. The van der Waals surface area contributed by atoms with Crippen molar-refractivity contribution in [3.8, 4) is 22.8 Å². The van der Waals surface area contributed by atoms with Crippen molar-refractivity contribution in [3.05, 3.63) is 121 Å². The second-order valence-corrected chi connectivity index (χ2v) is 8.30. The maximum Gasteiger partial charge on any atom is 0.249 e. The SMILES string of the molecule is NC(=O)c1cccc2c1c1[c]cc(-c3ccco3)cc1n2Cc1ccccc1Oc1ccccc1. The van der Waals surface area contributed by atoms with E-state index < -0.39 is 5.91 Å². The fraction of sp³-hybridized carbons (Fsp3) is 0.0333. The molecule has 0 atom stereocenters. The summed E-state index contributed by atoms with van der Waals surface area (Å²) in [5, 5.41) is 1.63. The topological polar surface area (TPSA) is 70.4 Å². The number of hydrogen-bond donors (Lipinski definition) is 1. The minimum absolute atomic E-state index is 0.467. The van der Waals surface area contributed by atoms with E-state index in [0.29, 0.717) is 12.1 Å². The number of fused-ring (bicyclic) bond motifs is 3. The highest BCUT2D eigenvalue weighted by Crippen LogP contribution is 2.36. The van der Waals surface area contributed by atoms with Crippen LogP contribution in [-0.2, 0) is 6.54 Å². The number of nitrogens with zero attached hydrogens (tertiary/aromatic N) is 1. The fourth-order valence-electron chi connectivity index (χ4n) is 4.54. The van der Waals surface area contributed by atoms with Crippen LogP contribution in [-0.4, -0.2) is 10.5 Å². The number of rotatable bonds is 6. The molecule has 0 saturated heterocycles. The summed E-state index contributed by atoms with van der Waals surface area (Å²) in [5.74, 6) is 1.83. The zero-order chi connectivity index (χ0) is 23.8. The zero-order valence-corrected chi connectivity index (χ0v) is 18.8. The van der Waals surface area contributed by atoms with Gasteiger partial charge in [-0.1, -0.05) is 42.5 Å². The lowest BCUT2D eigenvalue weighted by Gasteiger charge is -2.14. The highest BCUT2D eigenvalue weighted by molar-refractivity contribution is 6.18. The van der Waals surface area contributed by atoms with Crippen LogP contribution in [0.15, 0.2) is 108 Å². The van der Waals surface area contributed by atoms with E-state index in [-0.39, 0.29) is 0 Å². The molecule has 5 heteroatoms. The largest absolute Gasteiger partial charge is 0.464 e. The first-order valence-electron chi connectivity index (χ1n) is 11.3. The summed E-state index contributed by atoms with van der Waals surface area (Å²) in [7, 11) is 0. The Kier molecular flexibility index (Phi) is 5.08. The Hall–Kier alpha value is -4.77. The molecule has 2 heterocycles.